The van der Waals surface area contributed by atoms with E-state index in [1.54, 1.807) is 13.8 Å². The highest BCUT2D eigenvalue weighted by molar-refractivity contribution is 7.08. The predicted octanol–water partition coefficient (Wildman–Crippen LogP) is 1.48. The summed E-state index contributed by atoms with van der Waals surface area (Å²) in [5, 5.41) is 16.3. The van der Waals surface area contributed by atoms with Crippen molar-refractivity contribution in [3.05, 3.63) is 46.5 Å². The smallest absolute Gasteiger partial charge is 0.265 e. The van der Waals surface area contributed by atoms with Gasteiger partial charge in [-0.05, 0) is 30.9 Å². The standard InChI is InChI=1S/C13H15N3O2S/c1-9-11(19-16-15-9)12(18)14-13(2,8-17)10-6-4-3-5-7-10/h3-7,17H,8H2,1-2H3,(H,14,18). The number of aromatic nitrogens is 2. The molecule has 19 heavy (non-hydrogen) atoms. The van der Waals surface area contributed by atoms with E-state index in [1.165, 1.54) is 0 Å². The minimum absolute atomic E-state index is 0.186. The first kappa shape index (κ1) is 13.6. The maximum Gasteiger partial charge on any atom is 0.265 e. The van der Waals surface area contributed by atoms with Crippen molar-refractivity contribution in [2.24, 2.45) is 0 Å². The number of aliphatic hydroxyl groups is 1. The zero-order chi connectivity index (χ0) is 13.9. The molecule has 6 heteroatoms. The summed E-state index contributed by atoms with van der Waals surface area (Å²) in [5.74, 6) is -0.270. The van der Waals surface area contributed by atoms with E-state index in [1.807, 2.05) is 30.3 Å². The van der Waals surface area contributed by atoms with E-state index in [0.29, 0.717) is 10.6 Å². The summed E-state index contributed by atoms with van der Waals surface area (Å²) in [6, 6.07) is 9.37. The van der Waals surface area contributed by atoms with Crippen LogP contribution < -0.4 is 5.32 Å². The zero-order valence-corrected chi connectivity index (χ0v) is 11.6. The molecule has 0 radical (unpaired) electrons. The summed E-state index contributed by atoms with van der Waals surface area (Å²) in [4.78, 5) is 12.7. The van der Waals surface area contributed by atoms with Crippen LogP contribution in [0.1, 0.15) is 27.9 Å². The second kappa shape index (κ2) is 5.46. The third-order valence-electron chi connectivity index (χ3n) is 2.97. The first-order chi connectivity index (χ1) is 9.07. The third-order valence-corrected chi connectivity index (χ3v) is 3.80. The second-order valence-electron chi connectivity index (χ2n) is 4.50. The van der Waals surface area contributed by atoms with E-state index in [9.17, 15) is 9.90 Å². The van der Waals surface area contributed by atoms with Crippen LogP contribution in [0.5, 0.6) is 0 Å². The molecule has 100 valence electrons. The Morgan fingerprint density at radius 3 is 2.63 bits per heavy atom. The molecule has 1 unspecified atom stereocenters. The molecule has 2 N–H and O–H groups in total. The fourth-order valence-electron chi connectivity index (χ4n) is 1.76. The lowest BCUT2D eigenvalue weighted by Crippen LogP contribution is -2.46. The van der Waals surface area contributed by atoms with E-state index in [4.69, 9.17) is 0 Å². The Hall–Kier alpha value is -1.79. The second-order valence-corrected chi connectivity index (χ2v) is 5.25. The molecule has 0 spiro atoms. The molecular formula is C13H15N3O2S. The monoisotopic (exact) mass is 277 g/mol. The molecule has 0 aliphatic rings. The molecule has 0 aliphatic heterocycles. The Balaban J connectivity index is 2.25. The van der Waals surface area contributed by atoms with Crippen LogP contribution in [-0.4, -0.2) is 27.2 Å². The highest BCUT2D eigenvalue weighted by atomic mass is 32.1. The largest absolute Gasteiger partial charge is 0.394 e. The van der Waals surface area contributed by atoms with Crippen molar-refractivity contribution in [3.63, 3.8) is 0 Å². The molecule has 0 bridgehead atoms. The molecule has 2 aromatic rings. The van der Waals surface area contributed by atoms with Crippen LogP contribution in [0.15, 0.2) is 30.3 Å². The van der Waals surface area contributed by atoms with Gasteiger partial charge in [0.1, 0.15) is 4.88 Å². The highest BCUT2D eigenvalue weighted by Crippen LogP contribution is 2.21. The number of amides is 1. The predicted molar refractivity (Wildman–Crippen MR) is 73.0 cm³/mol. The van der Waals surface area contributed by atoms with Gasteiger partial charge < -0.3 is 10.4 Å². The third kappa shape index (κ3) is 2.80. The van der Waals surface area contributed by atoms with Crippen LogP contribution in [0.4, 0.5) is 0 Å². The fraction of sp³-hybridized carbons (Fsp3) is 0.308. The molecular weight excluding hydrogens is 262 g/mol. The average Bonchev–Trinajstić information content (AvgIpc) is 2.86. The number of carbonyl (C=O) groups excluding carboxylic acids is 1. The van der Waals surface area contributed by atoms with E-state index in [0.717, 1.165) is 17.1 Å². The van der Waals surface area contributed by atoms with E-state index in [-0.39, 0.29) is 12.5 Å². The Morgan fingerprint density at radius 2 is 2.11 bits per heavy atom. The molecule has 0 saturated carbocycles. The van der Waals surface area contributed by atoms with Gasteiger partial charge in [0.15, 0.2) is 0 Å². The quantitative estimate of drug-likeness (QED) is 0.887. The summed E-state index contributed by atoms with van der Waals surface area (Å²) in [7, 11) is 0. The van der Waals surface area contributed by atoms with E-state index < -0.39 is 5.54 Å². The van der Waals surface area contributed by atoms with Crippen LogP contribution in [-0.2, 0) is 5.54 Å². The summed E-state index contributed by atoms with van der Waals surface area (Å²) >= 11 is 1.05. The molecule has 2 rings (SSSR count). The minimum atomic E-state index is -0.825. The lowest BCUT2D eigenvalue weighted by Gasteiger charge is -2.29. The van der Waals surface area contributed by atoms with Crippen LogP contribution in [0, 0.1) is 6.92 Å². The fourth-order valence-corrected chi connectivity index (χ4v) is 2.31. The van der Waals surface area contributed by atoms with Gasteiger partial charge in [0, 0.05) is 0 Å². The lowest BCUT2D eigenvalue weighted by molar-refractivity contribution is 0.0853. The van der Waals surface area contributed by atoms with Crippen molar-refractivity contribution < 1.29 is 9.90 Å². The number of rotatable bonds is 4. The zero-order valence-electron chi connectivity index (χ0n) is 10.8. The van der Waals surface area contributed by atoms with Gasteiger partial charge in [-0.3, -0.25) is 4.79 Å². The molecule has 1 amide bonds. The summed E-state index contributed by atoms with van der Waals surface area (Å²) in [5.41, 5.74) is 0.617. The number of nitrogens with one attached hydrogen (secondary N) is 1. The van der Waals surface area contributed by atoms with Gasteiger partial charge in [0.25, 0.3) is 5.91 Å². The van der Waals surface area contributed by atoms with Gasteiger partial charge in [0.05, 0.1) is 17.8 Å². The molecule has 1 atom stereocenters. The summed E-state index contributed by atoms with van der Waals surface area (Å²) in [6.45, 7) is 3.33. The van der Waals surface area contributed by atoms with Crippen molar-refractivity contribution >= 4 is 17.4 Å². The number of carbonyl (C=O) groups is 1. The van der Waals surface area contributed by atoms with Gasteiger partial charge in [-0.25, -0.2) is 0 Å². The Bertz CT molecular complexity index is 570. The highest BCUT2D eigenvalue weighted by Gasteiger charge is 2.29. The number of hydrogen-bond acceptors (Lipinski definition) is 5. The molecule has 1 aromatic carbocycles. The first-order valence-electron chi connectivity index (χ1n) is 5.84. The summed E-state index contributed by atoms with van der Waals surface area (Å²) in [6.07, 6.45) is 0. The molecule has 0 saturated heterocycles. The van der Waals surface area contributed by atoms with Crippen molar-refractivity contribution in [2.75, 3.05) is 6.61 Å². The van der Waals surface area contributed by atoms with Gasteiger partial charge in [0.2, 0.25) is 0 Å². The molecule has 0 fully saturated rings. The summed E-state index contributed by atoms with van der Waals surface area (Å²) < 4.78 is 3.74. The molecule has 1 aromatic heterocycles. The maximum atomic E-state index is 12.2. The molecule has 1 heterocycles. The number of aliphatic hydroxyl groups excluding tert-OH is 1. The van der Waals surface area contributed by atoms with Gasteiger partial charge in [-0.15, -0.1) is 5.10 Å². The van der Waals surface area contributed by atoms with Crippen LogP contribution in [0.25, 0.3) is 0 Å². The molecule has 5 nitrogen and oxygen atoms in total. The minimum Gasteiger partial charge on any atom is -0.394 e. The van der Waals surface area contributed by atoms with Crippen molar-refractivity contribution in [1.82, 2.24) is 14.9 Å². The molecule has 0 aliphatic carbocycles. The Morgan fingerprint density at radius 1 is 1.42 bits per heavy atom. The first-order valence-corrected chi connectivity index (χ1v) is 6.62. The SMILES string of the molecule is Cc1nnsc1C(=O)NC(C)(CO)c1ccccc1. The number of benzene rings is 1. The lowest BCUT2D eigenvalue weighted by atomic mass is 9.93. The van der Waals surface area contributed by atoms with Crippen molar-refractivity contribution in [2.45, 2.75) is 19.4 Å². The van der Waals surface area contributed by atoms with Crippen LogP contribution in [0.3, 0.4) is 0 Å². The maximum absolute atomic E-state index is 12.2. The average molecular weight is 277 g/mol. The van der Waals surface area contributed by atoms with Crippen LogP contribution >= 0.6 is 11.5 Å². The normalized spacial score (nSPS) is 13.8. The number of hydrogen-bond donors (Lipinski definition) is 2. The van der Waals surface area contributed by atoms with E-state index in [2.05, 4.69) is 14.9 Å². The number of nitrogens with zero attached hydrogens (tertiary/aromatic N) is 2. The van der Waals surface area contributed by atoms with Gasteiger partial charge in [-0.1, -0.05) is 34.8 Å². The number of aryl methyl sites for hydroxylation is 1. The Labute approximate surface area is 115 Å². The van der Waals surface area contributed by atoms with Crippen molar-refractivity contribution in [3.8, 4) is 0 Å². The van der Waals surface area contributed by atoms with Gasteiger partial charge >= 0.3 is 0 Å². The van der Waals surface area contributed by atoms with Gasteiger partial charge in [-0.2, -0.15) is 0 Å². The van der Waals surface area contributed by atoms with Crippen LogP contribution in [0.2, 0.25) is 0 Å². The topological polar surface area (TPSA) is 75.1 Å². The Kier molecular flexibility index (Phi) is 3.92. The van der Waals surface area contributed by atoms with E-state index >= 15 is 0 Å². The van der Waals surface area contributed by atoms with Crippen molar-refractivity contribution in [1.29, 1.82) is 0 Å².